The molecule has 1 aromatic rings. The molecule has 1 N–H and O–H groups in total. The molecule has 0 amide bonds. The van der Waals surface area contributed by atoms with Gasteiger partial charge in [-0.3, -0.25) is 0 Å². The number of aryl methyl sites for hydroxylation is 1. The Kier molecular flexibility index (Phi) is 1.71. The number of nitrogens with zero attached hydrogens (tertiary/aromatic N) is 1. The Balaban J connectivity index is 2.88. The maximum atomic E-state index is 10.2. The number of carbonyl (C=O) groups is 1. The lowest BCUT2D eigenvalue weighted by Crippen LogP contribution is -1.95. The molecule has 0 saturated carbocycles. The van der Waals surface area contributed by atoms with Gasteiger partial charge in [0.2, 0.25) is 0 Å². The molecule has 0 fully saturated rings. The van der Waals surface area contributed by atoms with Crippen LogP contribution in [0.1, 0.15) is 23.3 Å². The van der Waals surface area contributed by atoms with Gasteiger partial charge in [-0.05, 0) is 6.42 Å². The highest BCUT2D eigenvalue weighted by Crippen LogP contribution is 2.01. The van der Waals surface area contributed by atoms with Crippen molar-refractivity contribution in [3.8, 4) is 0 Å². The van der Waals surface area contributed by atoms with Crippen LogP contribution < -0.4 is 0 Å². The Morgan fingerprint density at radius 3 is 2.90 bits per heavy atom. The summed E-state index contributed by atoms with van der Waals surface area (Å²) >= 11 is 0. The van der Waals surface area contributed by atoms with Gasteiger partial charge < -0.3 is 9.52 Å². The van der Waals surface area contributed by atoms with Crippen LogP contribution in [0.5, 0.6) is 0 Å². The van der Waals surface area contributed by atoms with E-state index in [4.69, 9.17) is 5.11 Å². The smallest absolute Gasteiger partial charge is 0.392 e. The van der Waals surface area contributed by atoms with E-state index in [1.165, 1.54) is 6.26 Å². The van der Waals surface area contributed by atoms with Crippen molar-refractivity contribution in [1.29, 1.82) is 0 Å². The van der Waals surface area contributed by atoms with E-state index in [1.807, 2.05) is 6.92 Å². The van der Waals surface area contributed by atoms with Crippen LogP contribution in [0.15, 0.2) is 10.7 Å². The molecule has 0 aliphatic carbocycles. The molecule has 0 aromatic carbocycles. The minimum Gasteiger partial charge on any atom is -0.474 e. The van der Waals surface area contributed by atoms with Crippen LogP contribution in [-0.4, -0.2) is 16.1 Å². The lowest BCUT2D eigenvalue weighted by Gasteiger charge is -1.79. The summed E-state index contributed by atoms with van der Waals surface area (Å²) in [5, 5.41) is 8.34. The van der Waals surface area contributed by atoms with Gasteiger partial charge in [0.15, 0.2) is 0 Å². The number of aromatic nitrogens is 1. The Hall–Kier alpha value is -1.32. The van der Waals surface area contributed by atoms with Gasteiger partial charge >= 0.3 is 11.9 Å². The monoisotopic (exact) mass is 141 g/mol. The summed E-state index contributed by atoms with van der Waals surface area (Å²) in [4.78, 5) is 13.8. The summed E-state index contributed by atoms with van der Waals surface area (Å²) in [6.07, 6.45) is 2.04. The summed E-state index contributed by atoms with van der Waals surface area (Å²) in [5.41, 5.74) is 0.664. The van der Waals surface area contributed by atoms with Gasteiger partial charge in [0, 0.05) is 0 Å². The van der Waals surface area contributed by atoms with E-state index in [0.29, 0.717) is 12.1 Å². The van der Waals surface area contributed by atoms with E-state index < -0.39 is 5.97 Å². The van der Waals surface area contributed by atoms with E-state index >= 15 is 0 Å². The molecule has 0 aliphatic heterocycles. The molecule has 4 heteroatoms. The number of carboxylic acid groups (broad SMARTS) is 1. The van der Waals surface area contributed by atoms with E-state index in [-0.39, 0.29) is 5.89 Å². The molecule has 0 aliphatic rings. The van der Waals surface area contributed by atoms with Crippen molar-refractivity contribution in [2.24, 2.45) is 0 Å². The van der Waals surface area contributed by atoms with Crippen LogP contribution in [0.25, 0.3) is 0 Å². The van der Waals surface area contributed by atoms with E-state index in [2.05, 4.69) is 9.40 Å². The summed E-state index contributed by atoms with van der Waals surface area (Å²) in [6.45, 7) is 1.88. The van der Waals surface area contributed by atoms with Crippen molar-refractivity contribution < 1.29 is 14.3 Å². The molecule has 0 saturated heterocycles. The van der Waals surface area contributed by atoms with Gasteiger partial charge in [0.05, 0.1) is 5.69 Å². The van der Waals surface area contributed by atoms with Crippen LogP contribution in [0, 0.1) is 0 Å². The fourth-order valence-electron chi connectivity index (χ4n) is 0.568. The van der Waals surface area contributed by atoms with E-state index in [0.717, 1.165) is 0 Å². The highest BCUT2D eigenvalue weighted by Gasteiger charge is 2.08. The van der Waals surface area contributed by atoms with Crippen molar-refractivity contribution in [3.05, 3.63) is 17.8 Å². The average Bonchev–Trinajstić information content (AvgIpc) is 2.34. The van der Waals surface area contributed by atoms with Gasteiger partial charge in [-0.2, -0.15) is 0 Å². The van der Waals surface area contributed by atoms with Gasteiger partial charge in [0.25, 0.3) is 0 Å². The predicted molar refractivity (Wildman–Crippen MR) is 32.8 cm³/mol. The quantitative estimate of drug-likeness (QED) is 0.665. The van der Waals surface area contributed by atoms with Crippen LogP contribution in [-0.2, 0) is 6.42 Å². The van der Waals surface area contributed by atoms with Crippen LogP contribution in [0.3, 0.4) is 0 Å². The summed E-state index contributed by atoms with van der Waals surface area (Å²) in [5.74, 6) is -1.36. The van der Waals surface area contributed by atoms with Crippen molar-refractivity contribution in [2.75, 3.05) is 0 Å². The standard InChI is InChI=1S/C6H7NO3/c1-2-4-3-10-5(7-4)6(8)9/h3H,2H2,1H3,(H,8,9). The lowest BCUT2D eigenvalue weighted by molar-refractivity contribution is 0.0653. The topological polar surface area (TPSA) is 63.3 Å². The fourth-order valence-corrected chi connectivity index (χ4v) is 0.568. The molecule has 0 atom stereocenters. The summed E-state index contributed by atoms with van der Waals surface area (Å²) < 4.78 is 4.61. The molecule has 0 spiro atoms. The Labute approximate surface area is 57.5 Å². The second kappa shape index (κ2) is 2.51. The van der Waals surface area contributed by atoms with Crippen molar-refractivity contribution >= 4 is 5.97 Å². The molecule has 10 heavy (non-hydrogen) atoms. The zero-order valence-electron chi connectivity index (χ0n) is 5.50. The minimum absolute atomic E-state index is 0.239. The number of hydrogen-bond acceptors (Lipinski definition) is 3. The van der Waals surface area contributed by atoms with Gasteiger partial charge in [-0.1, -0.05) is 6.92 Å². The molecule has 1 rings (SSSR count). The zero-order valence-corrected chi connectivity index (χ0v) is 5.50. The predicted octanol–water partition coefficient (Wildman–Crippen LogP) is 0.935. The molecule has 54 valence electrons. The minimum atomic E-state index is -1.13. The molecule has 0 unspecified atom stereocenters. The van der Waals surface area contributed by atoms with Crippen LogP contribution in [0.2, 0.25) is 0 Å². The molecular formula is C6H7NO3. The summed E-state index contributed by atoms with van der Waals surface area (Å²) in [6, 6.07) is 0. The first-order valence-corrected chi connectivity index (χ1v) is 2.91. The van der Waals surface area contributed by atoms with E-state index in [1.54, 1.807) is 0 Å². The molecule has 1 aromatic heterocycles. The molecule has 0 bridgehead atoms. The Morgan fingerprint density at radius 2 is 2.60 bits per heavy atom. The van der Waals surface area contributed by atoms with E-state index in [9.17, 15) is 4.79 Å². The second-order valence-electron chi connectivity index (χ2n) is 1.80. The van der Waals surface area contributed by atoms with Crippen molar-refractivity contribution in [2.45, 2.75) is 13.3 Å². The highest BCUT2D eigenvalue weighted by molar-refractivity contribution is 5.82. The molecular weight excluding hydrogens is 134 g/mol. The fraction of sp³-hybridized carbons (Fsp3) is 0.333. The highest BCUT2D eigenvalue weighted by atomic mass is 16.4. The maximum absolute atomic E-state index is 10.2. The number of rotatable bonds is 2. The van der Waals surface area contributed by atoms with Gasteiger partial charge in [0.1, 0.15) is 6.26 Å². The third-order valence-corrected chi connectivity index (χ3v) is 1.10. The number of aromatic carboxylic acids is 1. The number of oxazole rings is 1. The van der Waals surface area contributed by atoms with Crippen LogP contribution >= 0.6 is 0 Å². The van der Waals surface area contributed by atoms with Gasteiger partial charge in [-0.25, -0.2) is 9.78 Å². The average molecular weight is 141 g/mol. The SMILES string of the molecule is CCc1coc(C(=O)O)n1. The van der Waals surface area contributed by atoms with Gasteiger partial charge in [-0.15, -0.1) is 0 Å². The maximum Gasteiger partial charge on any atom is 0.392 e. The first-order chi connectivity index (χ1) is 4.74. The lowest BCUT2D eigenvalue weighted by atomic mass is 10.4. The third-order valence-electron chi connectivity index (χ3n) is 1.10. The number of carboxylic acids is 1. The van der Waals surface area contributed by atoms with Crippen molar-refractivity contribution in [3.63, 3.8) is 0 Å². The number of hydrogen-bond donors (Lipinski definition) is 1. The zero-order chi connectivity index (χ0) is 7.56. The first-order valence-electron chi connectivity index (χ1n) is 2.91. The second-order valence-corrected chi connectivity index (χ2v) is 1.80. The largest absolute Gasteiger partial charge is 0.474 e. The normalized spacial score (nSPS) is 9.70. The Morgan fingerprint density at radius 1 is 1.90 bits per heavy atom. The Bertz CT molecular complexity index is 241. The molecule has 0 radical (unpaired) electrons. The molecule has 1 heterocycles. The van der Waals surface area contributed by atoms with Crippen molar-refractivity contribution in [1.82, 2.24) is 4.98 Å². The van der Waals surface area contributed by atoms with Crippen LogP contribution in [0.4, 0.5) is 0 Å². The molecule has 4 nitrogen and oxygen atoms in total. The summed E-state index contributed by atoms with van der Waals surface area (Å²) in [7, 11) is 0. The first kappa shape index (κ1) is 6.80. The third kappa shape index (κ3) is 1.15.